The standard InChI is InChI=1S/C12H25Cl/c1-9(2)11(6,7)12(8,13)10(3,4)5/h9H,1-8H3. The minimum absolute atomic E-state index is 0.127. The van der Waals surface area contributed by atoms with Gasteiger partial charge in [0.15, 0.2) is 0 Å². The molecule has 0 radical (unpaired) electrons. The van der Waals surface area contributed by atoms with Crippen LogP contribution in [0.1, 0.15) is 55.4 Å². The smallest absolute Gasteiger partial charge is 0.0520 e. The third kappa shape index (κ3) is 2.21. The first kappa shape index (κ1) is 13.3. The van der Waals surface area contributed by atoms with Crippen LogP contribution in [-0.2, 0) is 0 Å². The van der Waals surface area contributed by atoms with Crippen molar-refractivity contribution in [2.75, 3.05) is 0 Å². The summed E-state index contributed by atoms with van der Waals surface area (Å²) in [6, 6.07) is 0. The van der Waals surface area contributed by atoms with Crippen molar-refractivity contribution in [3.8, 4) is 0 Å². The zero-order chi connectivity index (χ0) is 11.1. The highest BCUT2D eigenvalue weighted by Crippen LogP contribution is 2.52. The topological polar surface area (TPSA) is 0 Å². The minimum Gasteiger partial charge on any atom is -0.118 e. The van der Waals surface area contributed by atoms with E-state index >= 15 is 0 Å². The molecule has 80 valence electrons. The molecule has 0 spiro atoms. The lowest BCUT2D eigenvalue weighted by Crippen LogP contribution is -2.49. The van der Waals surface area contributed by atoms with Crippen molar-refractivity contribution in [2.24, 2.45) is 16.7 Å². The van der Waals surface area contributed by atoms with Gasteiger partial charge in [0.25, 0.3) is 0 Å². The van der Waals surface area contributed by atoms with Gasteiger partial charge in [-0.05, 0) is 23.7 Å². The van der Waals surface area contributed by atoms with Gasteiger partial charge in [0.05, 0.1) is 4.87 Å². The molecule has 0 aliphatic carbocycles. The van der Waals surface area contributed by atoms with Crippen molar-refractivity contribution in [3.63, 3.8) is 0 Å². The van der Waals surface area contributed by atoms with E-state index in [9.17, 15) is 0 Å². The molecule has 1 heteroatoms. The molecule has 0 aromatic rings. The molecule has 0 aliphatic rings. The molecule has 0 rings (SSSR count). The van der Waals surface area contributed by atoms with E-state index in [1.54, 1.807) is 0 Å². The van der Waals surface area contributed by atoms with Gasteiger partial charge in [0.2, 0.25) is 0 Å². The summed E-state index contributed by atoms with van der Waals surface area (Å²) in [5.41, 5.74) is 0.273. The van der Waals surface area contributed by atoms with Gasteiger partial charge in [0, 0.05) is 0 Å². The van der Waals surface area contributed by atoms with E-state index in [4.69, 9.17) is 11.6 Å². The molecule has 0 amide bonds. The first-order valence-corrected chi connectivity index (χ1v) is 5.51. The molecule has 0 aromatic heterocycles. The van der Waals surface area contributed by atoms with Crippen molar-refractivity contribution >= 4 is 11.6 Å². The van der Waals surface area contributed by atoms with Gasteiger partial charge in [-0.1, -0.05) is 48.5 Å². The summed E-state index contributed by atoms with van der Waals surface area (Å²) in [7, 11) is 0. The molecule has 13 heavy (non-hydrogen) atoms. The summed E-state index contributed by atoms with van der Waals surface area (Å²) in [5.74, 6) is 0.592. The van der Waals surface area contributed by atoms with Crippen LogP contribution in [-0.4, -0.2) is 4.87 Å². The Hall–Kier alpha value is 0.290. The Bertz CT molecular complexity index is 170. The van der Waals surface area contributed by atoms with Crippen molar-refractivity contribution < 1.29 is 0 Å². The molecule has 0 saturated carbocycles. The summed E-state index contributed by atoms with van der Waals surface area (Å²) in [6.07, 6.45) is 0. The predicted molar refractivity (Wildman–Crippen MR) is 62.3 cm³/mol. The SMILES string of the molecule is CC(C)C(C)(C)C(C)(Cl)C(C)(C)C. The summed E-state index contributed by atoms with van der Waals surface area (Å²) in [4.78, 5) is -0.172. The number of halogens is 1. The molecule has 0 saturated heterocycles. The lowest BCUT2D eigenvalue weighted by Gasteiger charge is -2.50. The number of hydrogen-bond acceptors (Lipinski definition) is 0. The third-order valence-corrected chi connectivity index (χ3v) is 5.12. The van der Waals surface area contributed by atoms with Gasteiger partial charge in [-0.25, -0.2) is 0 Å². The second-order valence-electron chi connectivity index (χ2n) is 6.13. The molecule has 0 N–H and O–H groups in total. The predicted octanol–water partition coefficient (Wildman–Crippen LogP) is 4.71. The highest BCUT2D eigenvalue weighted by Gasteiger charge is 2.49. The fraction of sp³-hybridized carbons (Fsp3) is 1.00. The molecule has 0 heterocycles. The van der Waals surface area contributed by atoms with Crippen LogP contribution >= 0.6 is 11.6 Å². The normalized spacial score (nSPS) is 18.9. The maximum atomic E-state index is 6.70. The maximum Gasteiger partial charge on any atom is 0.0520 e. The van der Waals surface area contributed by atoms with Crippen LogP contribution < -0.4 is 0 Å². The Kier molecular flexibility index (Phi) is 3.53. The molecule has 0 aromatic carbocycles. The molecule has 0 bridgehead atoms. The van der Waals surface area contributed by atoms with Crippen LogP contribution in [0, 0.1) is 16.7 Å². The van der Waals surface area contributed by atoms with Crippen LogP contribution in [0.15, 0.2) is 0 Å². The first-order chi connectivity index (χ1) is 5.44. The fourth-order valence-electron chi connectivity index (χ4n) is 1.51. The van der Waals surface area contributed by atoms with Crippen LogP contribution in [0.25, 0.3) is 0 Å². The molecule has 0 fully saturated rings. The van der Waals surface area contributed by atoms with Crippen molar-refractivity contribution in [1.29, 1.82) is 0 Å². The van der Waals surface area contributed by atoms with Crippen molar-refractivity contribution in [1.82, 2.24) is 0 Å². The number of rotatable bonds is 2. The van der Waals surface area contributed by atoms with Gasteiger partial charge in [-0.3, -0.25) is 0 Å². The average Bonchev–Trinajstić information content (AvgIpc) is 1.84. The summed E-state index contributed by atoms with van der Waals surface area (Å²) in [6.45, 7) is 17.8. The Morgan fingerprint density at radius 2 is 1.15 bits per heavy atom. The second-order valence-corrected chi connectivity index (χ2v) is 6.89. The monoisotopic (exact) mass is 204 g/mol. The van der Waals surface area contributed by atoms with Gasteiger partial charge in [-0.15, -0.1) is 11.6 Å². The lowest BCUT2D eigenvalue weighted by molar-refractivity contribution is 0.0860. The van der Waals surface area contributed by atoms with Gasteiger partial charge < -0.3 is 0 Å². The summed E-state index contributed by atoms with van der Waals surface area (Å²) < 4.78 is 0. The second kappa shape index (κ2) is 3.46. The Labute approximate surface area is 89.1 Å². The molecule has 1 atom stereocenters. The quantitative estimate of drug-likeness (QED) is 0.572. The zero-order valence-corrected chi connectivity index (χ0v) is 11.2. The zero-order valence-electron chi connectivity index (χ0n) is 10.5. The van der Waals surface area contributed by atoms with E-state index in [2.05, 4.69) is 55.4 Å². The van der Waals surface area contributed by atoms with E-state index in [1.807, 2.05) is 0 Å². The van der Waals surface area contributed by atoms with Gasteiger partial charge in [0.1, 0.15) is 0 Å². The Balaban J connectivity index is 5.04. The molecule has 1 unspecified atom stereocenters. The van der Waals surface area contributed by atoms with Crippen molar-refractivity contribution in [3.05, 3.63) is 0 Å². The molecule has 0 aliphatic heterocycles. The third-order valence-electron chi connectivity index (χ3n) is 4.06. The van der Waals surface area contributed by atoms with E-state index in [0.717, 1.165) is 0 Å². The minimum atomic E-state index is -0.172. The Morgan fingerprint density at radius 3 is 1.23 bits per heavy atom. The van der Waals surface area contributed by atoms with E-state index in [1.165, 1.54) is 0 Å². The van der Waals surface area contributed by atoms with Crippen LogP contribution in [0.4, 0.5) is 0 Å². The number of alkyl halides is 1. The highest BCUT2D eigenvalue weighted by atomic mass is 35.5. The largest absolute Gasteiger partial charge is 0.118 e. The average molecular weight is 205 g/mol. The molecule has 0 nitrogen and oxygen atoms in total. The highest BCUT2D eigenvalue weighted by molar-refractivity contribution is 6.24. The first-order valence-electron chi connectivity index (χ1n) is 5.13. The number of hydrogen-bond donors (Lipinski definition) is 0. The van der Waals surface area contributed by atoms with E-state index in [-0.39, 0.29) is 15.7 Å². The molecular weight excluding hydrogens is 180 g/mol. The molecular formula is C12H25Cl. The summed E-state index contributed by atoms with van der Waals surface area (Å²) in [5, 5.41) is 0. The Morgan fingerprint density at radius 1 is 0.846 bits per heavy atom. The summed E-state index contributed by atoms with van der Waals surface area (Å²) >= 11 is 6.70. The van der Waals surface area contributed by atoms with E-state index in [0.29, 0.717) is 5.92 Å². The van der Waals surface area contributed by atoms with E-state index < -0.39 is 0 Å². The van der Waals surface area contributed by atoms with Crippen LogP contribution in [0.3, 0.4) is 0 Å². The van der Waals surface area contributed by atoms with Crippen molar-refractivity contribution in [2.45, 2.75) is 60.3 Å². The fourth-order valence-corrected chi connectivity index (χ4v) is 1.73. The van der Waals surface area contributed by atoms with Crippen LogP contribution in [0.5, 0.6) is 0 Å². The lowest BCUT2D eigenvalue weighted by atomic mass is 9.61. The maximum absolute atomic E-state index is 6.70. The van der Waals surface area contributed by atoms with Crippen LogP contribution in [0.2, 0.25) is 0 Å². The van der Waals surface area contributed by atoms with Gasteiger partial charge >= 0.3 is 0 Å². The van der Waals surface area contributed by atoms with Gasteiger partial charge in [-0.2, -0.15) is 0 Å².